The predicted octanol–water partition coefficient (Wildman–Crippen LogP) is 4.54. The summed E-state index contributed by atoms with van der Waals surface area (Å²) in [6.07, 6.45) is 15.0. The first-order valence-corrected chi connectivity index (χ1v) is 9.09. The van der Waals surface area contributed by atoms with Crippen molar-refractivity contribution in [2.45, 2.75) is 90.1 Å². The second kappa shape index (κ2) is 12.0. The molecular weight excluding hydrogens is 262 g/mol. The van der Waals surface area contributed by atoms with Crippen molar-refractivity contribution in [2.75, 3.05) is 20.2 Å². The molecule has 1 atom stereocenters. The number of nitrogens with zero attached hydrogens (tertiary/aromatic N) is 1. The standard InChI is InChI=1S/C18H35NO2/c1-3-4-5-12-15-19(2)18(20)14-11-9-7-6-8-10-13-17-16-21-17/h17H,3-16H2,1-2H3. The summed E-state index contributed by atoms with van der Waals surface area (Å²) < 4.78 is 5.20. The summed E-state index contributed by atoms with van der Waals surface area (Å²) in [6, 6.07) is 0. The van der Waals surface area contributed by atoms with Gasteiger partial charge in [0.05, 0.1) is 12.7 Å². The Labute approximate surface area is 131 Å². The van der Waals surface area contributed by atoms with Crippen LogP contribution in [-0.4, -0.2) is 37.1 Å². The Morgan fingerprint density at radius 2 is 1.62 bits per heavy atom. The first-order chi connectivity index (χ1) is 10.2. The van der Waals surface area contributed by atoms with E-state index in [1.54, 1.807) is 0 Å². The largest absolute Gasteiger partial charge is 0.373 e. The van der Waals surface area contributed by atoms with Crippen LogP contribution < -0.4 is 0 Å². The van der Waals surface area contributed by atoms with Crippen LogP contribution in [0, 0.1) is 0 Å². The molecule has 0 aromatic rings. The van der Waals surface area contributed by atoms with Crippen LogP contribution in [0.2, 0.25) is 0 Å². The molecule has 0 N–H and O–H groups in total. The van der Waals surface area contributed by atoms with E-state index < -0.39 is 0 Å². The predicted molar refractivity (Wildman–Crippen MR) is 88.5 cm³/mol. The molecule has 1 heterocycles. The lowest BCUT2D eigenvalue weighted by molar-refractivity contribution is -0.130. The van der Waals surface area contributed by atoms with Crippen molar-refractivity contribution in [1.82, 2.24) is 4.90 Å². The average Bonchev–Trinajstić information content (AvgIpc) is 3.30. The monoisotopic (exact) mass is 297 g/mol. The average molecular weight is 297 g/mol. The van der Waals surface area contributed by atoms with Gasteiger partial charge in [-0.1, -0.05) is 58.3 Å². The molecule has 1 saturated heterocycles. The van der Waals surface area contributed by atoms with E-state index in [0.29, 0.717) is 12.0 Å². The van der Waals surface area contributed by atoms with Gasteiger partial charge < -0.3 is 9.64 Å². The molecule has 0 aliphatic carbocycles. The lowest BCUT2D eigenvalue weighted by atomic mass is 10.1. The highest BCUT2D eigenvalue weighted by Gasteiger charge is 2.20. The molecule has 3 nitrogen and oxygen atoms in total. The molecule has 124 valence electrons. The SMILES string of the molecule is CCCCCCN(C)C(=O)CCCCCCCCC1CO1. The summed E-state index contributed by atoms with van der Waals surface area (Å²) in [5, 5.41) is 0. The lowest BCUT2D eigenvalue weighted by Crippen LogP contribution is -2.27. The molecule has 21 heavy (non-hydrogen) atoms. The summed E-state index contributed by atoms with van der Waals surface area (Å²) in [6.45, 7) is 4.14. The Kier molecular flexibility index (Phi) is 10.6. The highest BCUT2D eigenvalue weighted by Crippen LogP contribution is 2.18. The Bertz CT molecular complexity index is 264. The molecule has 1 aliphatic heterocycles. The lowest BCUT2D eigenvalue weighted by Gasteiger charge is -2.16. The van der Waals surface area contributed by atoms with Crippen LogP contribution in [-0.2, 0) is 9.53 Å². The number of unbranched alkanes of at least 4 members (excludes halogenated alkanes) is 8. The number of carbonyl (C=O) groups is 1. The summed E-state index contributed by atoms with van der Waals surface area (Å²) in [5.74, 6) is 0.331. The maximum atomic E-state index is 11.9. The molecule has 0 bridgehead atoms. The Balaban J connectivity index is 1.82. The number of ether oxygens (including phenoxy) is 1. The van der Waals surface area contributed by atoms with E-state index in [1.807, 2.05) is 11.9 Å². The topological polar surface area (TPSA) is 32.8 Å². The first kappa shape index (κ1) is 18.5. The molecule has 1 unspecified atom stereocenters. The van der Waals surface area contributed by atoms with Crippen molar-refractivity contribution in [3.05, 3.63) is 0 Å². The van der Waals surface area contributed by atoms with Crippen molar-refractivity contribution in [3.8, 4) is 0 Å². The third-order valence-corrected chi connectivity index (χ3v) is 4.34. The zero-order valence-corrected chi connectivity index (χ0v) is 14.2. The van der Waals surface area contributed by atoms with Gasteiger partial charge in [0.2, 0.25) is 5.91 Å². The van der Waals surface area contributed by atoms with Gasteiger partial charge in [0.1, 0.15) is 0 Å². The molecule has 0 radical (unpaired) electrons. The van der Waals surface area contributed by atoms with Crippen molar-refractivity contribution in [2.24, 2.45) is 0 Å². The Morgan fingerprint density at radius 1 is 1.00 bits per heavy atom. The normalized spacial score (nSPS) is 17.0. The fraction of sp³-hybridized carbons (Fsp3) is 0.944. The molecule has 1 aliphatic rings. The molecule has 1 fully saturated rings. The molecular formula is C18H35NO2. The number of carbonyl (C=O) groups excluding carboxylic acids is 1. The van der Waals surface area contributed by atoms with Gasteiger partial charge >= 0.3 is 0 Å². The van der Waals surface area contributed by atoms with Crippen molar-refractivity contribution in [3.63, 3.8) is 0 Å². The Morgan fingerprint density at radius 3 is 2.29 bits per heavy atom. The van der Waals surface area contributed by atoms with Crippen LogP contribution in [0.4, 0.5) is 0 Å². The molecule has 0 saturated carbocycles. The third-order valence-electron chi connectivity index (χ3n) is 4.34. The summed E-state index contributed by atoms with van der Waals surface area (Å²) in [4.78, 5) is 13.9. The quantitative estimate of drug-likeness (QED) is 0.348. The van der Waals surface area contributed by atoms with E-state index in [4.69, 9.17) is 4.74 Å². The van der Waals surface area contributed by atoms with Crippen molar-refractivity contribution in [1.29, 1.82) is 0 Å². The molecule has 0 spiro atoms. The Hall–Kier alpha value is -0.570. The molecule has 0 aromatic heterocycles. The molecule has 1 rings (SSSR count). The minimum atomic E-state index is 0.331. The minimum absolute atomic E-state index is 0.331. The van der Waals surface area contributed by atoms with Gasteiger partial charge in [-0.15, -0.1) is 0 Å². The minimum Gasteiger partial charge on any atom is -0.373 e. The summed E-state index contributed by atoms with van der Waals surface area (Å²) in [7, 11) is 1.95. The van der Waals surface area contributed by atoms with E-state index in [2.05, 4.69) is 6.92 Å². The fourth-order valence-corrected chi connectivity index (χ4v) is 2.68. The van der Waals surface area contributed by atoms with E-state index in [0.717, 1.165) is 32.4 Å². The second-order valence-corrected chi connectivity index (χ2v) is 6.49. The van der Waals surface area contributed by atoms with Crippen LogP contribution in [0.3, 0.4) is 0 Å². The van der Waals surface area contributed by atoms with E-state index >= 15 is 0 Å². The van der Waals surface area contributed by atoms with Crippen molar-refractivity contribution >= 4 is 5.91 Å². The van der Waals surface area contributed by atoms with E-state index in [9.17, 15) is 4.79 Å². The van der Waals surface area contributed by atoms with Crippen LogP contribution in [0.1, 0.15) is 84.0 Å². The maximum absolute atomic E-state index is 11.9. The molecule has 1 amide bonds. The van der Waals surface area contributed by atoms with Gasteiger partial charge in [0, 0.05) is 20.0 Å². The summed E-state index contributed by atoms with van der Waals surface area (Å²) in [5.41, 5.74) is 0. The molecule has 3 heteroatoms. The van der Waals surface area contributed by atoms with Gasteiger partial charge in [-0.3, -0.25) is 4.79 Å². The highest BCUT2D eigenvalue weighted by atomic mass is 16.6. The zero-order valence-electron chi connectivity index (χ0n) is 14.2. The van der Waals surface area contributed by atoms with E-state index in [-0.39, 0.29) is 0 Å². The summed E-state index contributed by atoms with van der Waals surface area (Å²) >= 11 is 0. The maximum Gasteiger partial charge on any atom is 0.222 e. The highest BCUT2D eigenvalue weighted by molar-refractivity contribution is 5.75. The van der Waals surface area contributed by atoms with Crippen molar-refractivity contribution < 1.29 is 9.53 Å². The van der Waals surface area contributed by atoms with Crippen LogP contribution in [0.15, 0.2) is 0 Å². The van der Waals surface area contributed by atoms with E-state index in [1.165, 1.54) is 57.8 Å². The second-order valence-electron chi connectivity index (χ2n) is 6.49. The van der Waals surface area contributed by atoms with Gasteiger partial charge in [-0.05, 0) is 19.3 Å². The number of epoxide rings is 1. The molecule has 0 aromatic carbocycles. The number of hydrogen-bond donors (Lipinski definition) is 0. The van der Waals surface area contributed by atoms with Crippen LogP contribution in [0.25, 0.3) is 0 Å². The van der Waals surface area contributed by atoms with Crippen LogP contribution >= 0.6 is 0 Å². The number of hydrogen-bond acceptors (Lipinski definition) is 2. The van der Waals surface area contributed by atoms with Gasteiger partial charge in [0.25, 0.3) is 0 Å². The zero-order chi connectivity index (χ0) is 15.3. The third kappa shape index (κ3) is 10.8. The van der Waals surface area contributed by atoms with Gasteiger partial charge in [-0.2, -0.15) is 0 Å². The number of amides is 1. The fourth-order valence-electron chi connectivity index (χ4n) is 2.68. The number of rotatable bonds is 14. The van der Waals surface area contributed by atoms with Crippen LogP contribution in [0.5, 0.6) is 0 Å². The smallest absolute Gasteiger partial charge is 0.222 e. The van der Waals surface area contributed by atoms with Gasteiger partial charge in [0.15, 0.2) is 0 Å². The first-order valence-electron chi connectivity index (χ1n) is 9.09. The van der Waals surface area contributed by atoms with Gasteiger partial charge in [-0.25, -0.2) is 0 Å².